The minimum Gasteiger partial charge on any atom is -0.389 e. The van der Waals surface area contributed by atoms with E-state index in [1.54, 1.807) is 0 Å². The first-order valence-electron chi connectivity index (χ1n) is 3.24. The maximum atomic E-state index is 8.87. The number of aliphatic hydroxyl groups is 1. The van der Waals surface area contributed by atoms with Gasteiger partial charge in [0.25, 0.3) is 0 Å². The third-order valence-corrected chi connectivity index (χ3v) is 1.23. The minimum absolute atomic E-state index is 0. The number of aliphatic hydroxyl groups excluding tert-OH is 1. The second-order valence-corrected chi connectivity index (χ2v) is 2.63. The summed E-state index contributed by atoms with van der Waals surface area (Å²) in [5.41, 5.74) is 5.38. The quantitative estimate of drug-likeness (QED) is 0.636. The molecular weight excluding hydrogens is 189 g/mol. The first-order chi connectivity index (χ1) is 4.66. The largest absolute Gasteiger partial charge is 0.389 e. The predicted molar refractivity (Wildman–Crippen MR) is 48.4 cm³/mol. The molecule has 0 amide bonds. The van der Waals surface area contributed by atoms with E-state index in [0.717, 1.165) is 0 Å². The standard InChI is InChI=1S/C6H14ClNO2.ClH/c1-5(8)3-10-4-6(9)2-7;/h5-6,9H,2-4,8H2,1H3;1H/t5-,6?;/m0./s1. The highest BCUT2D eigenvalue weighted by molar-refractivity contribution is 6.18. The van der Waals surface area contributed by atoms with Crippen LogP contribution in [0.25, 0.3) is 0 Å². The Labute approximate surface area is 78.3 Å². The van der Waals surface area contributed by atoms with Crippen molar-refractivity contribution in [3.8, 4) is 0 Å². The zero-order valence-corrected chi connectivity index (χ0v) is 8.07. The second kappa shape index (κ2) is 8.56. The van der Waals surface area contributed by atoms with Gasteiger partial charge >= 0.3 is 0 Å². The highest BCUT2D eigenvalue weighted by Gasteiger charge is 2.01. The van der Waals surface area contributed by atoms with Crippen LogP contribution < -0.4 is 5.73 Å². The molecule has 0 aromatic heterocycles. The van der Waals surface area contributed by atoms with Crippen molar-refractivity contribution < 1.29 is 9.84 Å². The van der Waals surface area contributed by atoms with Crippen molar-refractivity contribution >= 4 is 24.0 Å². The van der Waals surface area contributed by atoms with Crippen LogP contribution in [0.1, 0.15) is 6.92 Å². The van der Waals surface area contributed by atoms with E-state index >= 15 is 0 Å². The van der Waals surface area contributed by atoms with Gasteiger partial charge in [-0.15, -0.1) is 24.0 Å². The summed E-state index contributed by atoms with van der Waals surface area (Å²) in [6.07, 6.45) is -0.569. The highest BCUT2D eigenvalue weighted by Crippen LogP contribution is 1.89. The summed E-state index contributed by atoms with van der Waals surface area (Å²) in [6, 6.07) is 0.0162. The zero-order chi connectivity index (χ0) is 7.98. The number of hydrogen-bond donors (Lipinski definition) is 2. The Balaban J connectivity index is 0. The van der Waals surface area contributed by atoms with Crippen LogP contribution in [0.15, 0.2) is 0 Å². The molecule has 0 rings (SSSR count). The van der Waals surface area contributed by atoms with Crippen molar-refractivity contribution in [1.29, 1.82) is 0 Å². The first-order valence-corrected chi connectivity index (χ1v) is 3.77. The van der Waals surface area contributed by atoms with E-state index in [0.29, 0.717) is 6.61 Å². The lowest BCUT2D eigenvalue weighted by Gasteiger charge is -2.09. The van der Waals surface area contributed by atoms with E-state index in [-0.39, 0.29) is 30.9 Å². The summed E-state index contributed by atoms with van der Waals surface area (Å²) in [4.78, 5) is 0. The second-order valence-electron chi connectivity index (χ2n) is 2.32. The van der Waals surface area contributed by atoms with Gasteiger partial charge in [0.15, 0.2) is 0 Å². The average Bonchev–Trinajstić information content (AvgIpc) is 1.87. The Kier molecular flexibility index (Phi) is 10.9. The number of hydrogen-bond acceptors (Lipinski definition) is 3. The van der Waals surface area contributed by atoms with Crippen LogP contribution in [0, 0.1) is 0 Å². The van der Waals surface area contributed by atoms with Gasteiger partial charge in [-0.1, -0.05) is 0 Å². The lowest BCUT2D eigenvalue weighted by Crippen LogP contribution is -2.25. The normalized spacial score (nSPS) is 15.3. The number of nitrogens with two attached hydrogens (primary N) is 1. The summed E-state index contributed by atoms with van der Waals surface area (Å²) in [5, 5.41) is 8.87. The Morgan fingerprint density at radius 1 is 1.55 bits per heavy atom. The Morgan fingerprint density at radius 3 is 2.45 bits per heavy atom. The molecule has 0 saturated carbocycles. The van der Waals surface area contributed by atoms with Crippen LogP contribution in [-0.4, -0.2) is 36.3 Å². The minimum atomic E-state index is -0.569. The van der Waals surface area contributed by atoms with Crippen molar-refractivity contribution in [1.82, 2.24) is 0 Å². The molecule has 11 heavy (non-hydrogen) atoms. The molecule has 5 heteroatoms. The summed E-state index contributed by atoms with van der Waals surface area (Å²) in [6.45, 7) is 2.58. The fraction of sp³-hybridized carbons (Fsp3) is 1.00. The molecule has 0 heterocycles. The molecule has 2 atom stereocenters. The smallest absolute Gasteiger partial charge is 0.0908 e. The van der Waals surface area contributed by atoms with Gasteiger partial charge in [-0.25, -0.2) is 0 Å². The van der Waals surface area contributed by atoms with Gasteiger partial charge in [0.2, 0.25) is 0 Å². The number of halogens is 2. The summed E-state index contributed by atoms with van der Waals surface area (Å²) in [5.74, 6) is 0.207. The third-order valence-electron chi connectivity index (χ3n) is 0.869. The van der Waals surface area contributed by atoms with Gasteiger partial charge in [0.1, 0.15) is 0 Å². The van der Waals surface area contributed by atoms with Gasteiger partial charge in [0.05, 0.1) is 25.2 Å². The lowest BCUT2D eigenvalue weighted by molar-refractivity contribution is 0.0435. The monoisotopic (exact) mass is 203 g/mol. The molecule has 70 valence electrons. The average molecular weight is 204 g/mol. The maximum Gasteiger partial charge on any atom is 0.0908 e. The van der Waals surface area contributed by atoms with Crippen LogP contribution in [0.4, 0.5) is 0 Å². The van der Waals surface area contributed by atoms with Crippen molar-refractivity contribution in [2.24, 2.45) is 5.73 Å². The molecule has 0 bridgehead atoms. The van der Waals surface area contributed by atoms with Crippen LogP contribution in [0.3, 0.4) is 0 Å². The zero-order valence-electron chi connectivity index (χ0n) is 6.50. The molecule has 1 unspecified atom stereocenters. The molecule has 3 N–H and O–H groups in total. The molecule has 0 radical (unpaired) electrons. The molecule has 0 aliphatic carbocycles. The fourth-order valence-corrected chi connectivity index (χ4v) is 0.524. The van der Waals surface area contributed by atoms with Gasteiger partial charge in [-0.3, -0.25) is 0 Å². The van der Waals surface area contributed by atoms with E-state index < -0.39 is 6.10 Å². The Bertz CT molecular complexity index is 83.0. The molecule has 0 fully saturated rings. The van der Waals surface area contributed by atoms with E-state index in [4.69, 9.17) is 27.2 Å². The molecule has 0 aromatic carbocycles. The molecule has 0 aromatic rings. The van der Waals surface area contributed by atoms with E-state index in [1.807, 2.05) is 6.92 Å². The van der Waals surface area contributed by atoms with Crippen LogP contribution in [0.5, 0.6) is 0 Å². The number of ether oxygens (including phenoxy) is 1. The van der Waals surface area contributed by atoms with Crippen molar-refractivity contribution in [2.75, 3.05) is 19.1 Å². The SMILES string of the molecule is C[C@H](N)COCC(O)CCl.Cl. The topological polar surface area (TPSA) is 55.5 Å². The highest BCUT2D eigenvalue weighted by atomic mass is 35.5. The Hall–Kier alpha value is 0.460. The van der Waals surface area contributed by atoms with Crippen molar-refractivity contribution in [3.63, 3.8) is 0 Å². The summed E-state index contributed by atoms with van der Waals surface area (Å²) >= 11 is 5.31. The van der Waals surface area contributed by atoms with Crippen LogP contribution in [0.2, 0.25) is 0 Å². The lowest BCUT2D eigenvalue weighted by atomic mass is 10.4. The molecule has 0 spiro atoms. The van der Waals surface area contributed by atoms with E-state index in [1.165, 1.54) is 0 Å². The molecule has 0 aliphatic heterocycles. The third kappa shape index (κ3) is 10.5. The van der Waals surface area contributed by atoms with Crippen LogP contribution >= 0.6 is 24.0 Å². The van der Waals surface area contributed by atoms with Gasteiger partial charge in [-0.05, 0) is 6.92 Å². The van der Waals surface area contributed by atoms with Crippen molar-refractivity contribution in [2.45, 2.75) is 19.1 Å². The molecule has 0 saturated heterocycles. The molecule has 3 nitrogen and oxygen atoms in total. The van der Waals surface area contributed by atoms with Crippen molar-refractivity contribution in [3.05, 3.63) is 0 Å². The molecule has 0 aliphatic rings. The number of alkyl halides is 1. The predicted octanol–water partition coefficient (Wildman–Crippen LogP) is 0.372. The van der Waals surface area contributed by atoms with Gasteiger partial charge in [-0.2, -0.15) is 0 Å². The molecular formula is C6H15Cl2NO2. The first kappa shape index (κ1) is 14.0. The van der Waals surface area contributed by atoms with E-state index in [2.05, 4.69) is 0 Å². The van der Waals surface area contributed by atoms with E-state index in [9.17, 15) is 0 Å². The Morgan fingerprint density at radius 2 is 2.09 bits per heavy atom. The van der Waals surface area contributed by atoms with Gasteiger partial charge < -0.3 is 15.6 Å². The fourth-order valence-electron chi connectivity index (χ4n) is 0.435. The summed E-state index contributed by atoms with van der Waals surface area (Å²) in [7, 11) is 0. The maximum absolute atomic E-state index is 8.87. The van der Waals surface area contributed by atoms with Gasteiger partial charge in [0, 0.05) is 6.04 Å². The number of rotatable bonds is 5. The summed E-state index contributed by atoms with van der Waals surface area (Å²) < 4.78 is 4.99. The van der Waals surface area contributed by atoms with Crippen LogP contribution in [-0.2, 0) is 4.74 Å².